The Hall–Kier alpha value is -0.250. The van der Waals surface area contributed by atoms with Crippen molar-refractivity contribution in [3.63, 3.8) is 0 Å². The zero-order chi connectivity index (χ0) is 12.3. The molecule has 2 nitrogen and oxygen atoms in total. The molecule has 0 amide bonds. The van der Waals surface area contributed by atoms with E-state index in [0.29, 0.717) is 11.9 Å². The van der Waals surface area contributed by atoms with Crippen LogP contribution in [0.3, 0.4) is 0 Å². The number of ether oxygens (including phenoxy) is 1. The van der Waals surface area contributed by atoms with E-state index in [9.17, 15) is 0 Å². The molecule has 1 fully saturated rings. The van der Waals surface area contributed by atoms with Gasteiger partial charge >= 0.3 is 0 Å². The number of benzene rings is 1. The van der Waals surface area contributed by atoms with Crippen molar-refractivity contribution >= 4 is 33.2 Å². The average Bonchev–Trinajstić information content (AvgIpc) is 3.14. The molecule has 1 saturated carbocycles. The van der Waals surface area contributed by atoms with E-state index in [0.717, 1.165) is 23.2 Å². The first-order valence-corrected chi connectivity index (χ1v) is 7.19. The van der Waals surface area contributed by atoms with Crippen molar-refractivity contribution < 1.29 is 4.74 Å². The number of methoxy groups -OCH3 is 1. The van der Waals surface area contributed by atoms with E-state index in [-0.39, 0.29) is 0 Å². The second-order valence-corrected chi connectivity index (χ2v) is 5.45. The van der Waals surface area contributed by atoms with Gasteiger partial charge in [-0.15, -0.1) is 11.6 Å². The van der Waals surface area contributed by atoms with Gasteiger partial charge in [0.25, 0.3) is 0 Å². The lowest BCUT2D eigenvalue weighted by atomic mass is 10.2. The Morgan fingerprint density at radius 1 is 1.47 bits per heavy atom. The second kappa shape index (κ2) is 6.07. The third-order valence-electron chi connectivity index (χ3n) is 3.04. The number of halogens is 2. The van der Waals surface area contributed by atoms with Gasteiger partial charge in [-0.3, -0.25) is 0 Å². The fourth-order valence-electron chi connectivity index (χ4n) is 1.92. The summed E-state index contributed by atoms with van der Waals surface area (Å²) in [6, 6.07) is 7.09. The molecule has 1 aromatic rings. The van der Waals surface area contributed by atoms with Gasteiger partial charge in [0, 0.05) is 35.7 Å². The number of hydrogen-bond acceptors (Lipinski definition) is 2. The van der Waals surface area contributed by atoms with Gasteiger partial charge in [0.05, 0.1) is 6.61 Å². The first-order chi connectivity index (χ1) is 8.26. The molecule has 0 spiro atoms. The number of hydrogen-bond donors (Lipinski definition) is 0. The summed E-state index contributed by atoms with van der Waals surface area (Å²) >= 11 is 9.43. The summed E-state index contributed by atoms with van der Waals surface area (Å²) in [5.74, 6) is 0.544. The Morgan fingerprint density at radius 3 is 2.76 bits per heavy atom. The molecule has 0 saturated heterocycles. The fraction of sp³-hybridized carbons (Fsp3) is 0.538. The molecule has 1 aliphatic rings. The molecule has 17 heavy (non-hydrogen) atoms. The van der Waals surface area contributed by atoms with Crippen LogP contribution in [-0.4, -0.2) is 26.3 Å². The zero-order valence-corrected chi connectivity index (χ0v) is 12.3. The molecule has 1 aromatic carbocycles. The van der Waals surface area contributed by atoms with Crippen molar-refractivity contribution in [2.24, 2.45) is 0 Å². The average molecular weight is 319 g/mol. The van der Waals surface area contributed by atoms with Crippen molar-refractivity contribution in [1.29, 1.82) is 0 Å². The molecule has 0 heterocycles. The largest absolute Gasteiger partial charge is 0.383 e. The van der Waals surface area contributed by atoms with Crippen LogP contribution in [0.25, 0.3) is 0 Å². The van der Waals surface area contributed by atoms with Crippen LogP contribution in [-0.2, 0) is 10.6 Å². The van der Waals surface area contributed by atoms with E-state index >= 15 is 0 Å². The minimum Gasteiger partial charge on any atom is -0.383 e. The number of rotatable bonds is 6. The van der Waals surface area contributed by atoms with E-state index in [1.54, 1.807) is 7.11 Å². The van der Waals surface area contributed by atoms with Gasteiger partial charge < -0.3 is 9.64 Å². The monoisotopic (exact) mass is 317 g/mol. The first kappa shape index (κ1) is 13.2. The van der Waals surface area contributed by atoms with E-state index < -0.39 is 0 Å². The molecular formula is C13H17BrClNO. The van der Waals surface area contributed by atoms with Crippen molar-refractivity contribution in [2.45, 2.75) is 24.8 Å². The van der Waals surface area contributed by atoms with Gasteiger partial charge in [-0.05, 0) is 30.5 Å². The molecule has 94 valence electrons. The van der Waals surface area contributed by atoms with Crippen molar-refractivity contribution in [1.82, 2.24) is 0 Å². The highest BCUT2D eigenvalue weighted by molar-refractivity contribution is 9.10. The summed E-state index contributed by atoms with van der Waals surface area (Å²) in [6.07, 6.45) is 2.58. The lowest BCUT2D eigenvalue weighted by Gasteiger charge is -2.25. The van der Waals surface area contributed by atoms with E-state index in [2.05, 4.69) is 39.0 Å². The maximum absolute atomic E-state index is 5.86. The maximum atomic E-state index is 5.86. The summed E-state index contributed by atoms with van der Waals surface area (Å²) in [4.78, 5) is 2.42. The van der Waals surface area contributed by atoms with Gasteiger partial charge in [-0.2, -0.15) is 0 Å². The highest BCUT2D eigenvalue weighted by Crippen LogP contribution is 2.33. The van der Waals surface area contributed by atoms with Gasteiger partial charge in [-0.1, -0.05) is 22.0 Å². The van der Waals surface area contributed by atoms with E-state index in [1.807, 2.05) is 0 Å². The third-order valence-corrected chi connectivity index (χ3v) is 4.06. The first-order valence-electron chi connectivity index (χ1n) is 5.86. The van der Waals surface area contributed by atoms with Gasteiger partial charge in [-0.25, -0.2) is 0 Å². The Kier molecular flexibility index (Phi) is 4.71. The van der Waals surface area contributed by atoms with Crippen LogP contribution < -0.4 is 4.90 Å². The highest BCUT2D eigenvalue weighted by Gasteiger charge is 2.29. The van der Waals surface area contributed by atoms with Crippen molar-refractivity contribution in [2.75, 3.05) is 25.2 Å². The van der Waals surface area contributed by atoms with Crippen molar-refractivity contribution in [3.8, 4) is 0 Å². The Labute approximate surface area is 116 Å². The number of nitrogens with zero attached hydrogens (tertiary/aromatic N) is 1. The molecule has 0 bridgehead atoms. The smallest absolute Gasteiger partial charge is 0.0637 e. The topological polar surface area (TPSA) is 12.5 Å². The maximum Gasteiger partial charge on any atom is 0.0637 e. The molecule has 0 N–H and O–H groups in total. The lowest BCUT2D eigenvalue weighted by Crippen LogP contribution is -2.29. The van der Waals surface area contributed by atoms with E-state index in [4.69, 9.17) is 16.3 Å². The molecule has 4 heteroatoms. The third kappa shape index (κ3) is 3.36. The Bertz CT molecular complexity index is 382. The minimum atomic E-state index is 0.544. The predicted molar refractivity (Wildman–Crippen MR) is 75.9 cm³/mol. The normalized spacial score (nSPS) is 15.0. The second-order valence-electron chi connectivity index (χ2n) is 4.33. The van der Waals surface area contributed by atoms with Crippen LogP contribution in [0.15, 0.2) is 22.7 Å². The summed E-state index contributed by atoms with van der Waals surface area (Å²) in [6.45, 7) is 1.72. The van der Waals surface area contributed by atoms with Crippen LogP contribution in [0.5, 0.6) is 0 Å². The quantitative estimate of drug-likeness (QED) is 0.740. The summed E-state index contributed by atoms with van der Waals surface area (Å²) < 4.78 is 6.26. The van der Waals surface area contributed by atoms with Gasteiger partial charge in [0.1, 0.15) is 0 Å². The fourth-order valence-corrected chi connectivity index (χ4v) is 2.82. The van der Waals surface area contributed by atoms with Crippen LogP contribution in [0.2, 0.25) is 0 Å². The molecule has 2 rings (SSSR count). The summed E-state index contributed by atoms with van der Waals surface area (Å²) in [5, 5.41) is 0. The van der Waals surface area contributed by atoms with Crippen LogP contribution in [0, 0.1) is 0 Å². The predicted octanol–water partition coefficient (Wildman–Crippen LogP) is 3.80. The molecule has 0 radical (unpaired) electrons. The molecule has 0 aliphatic heterocycles. The molecular weight excluding hydrogens is 302 g/mol. The molecule has 0 aromatic heterocycles. The molecule has 1 aliphatic carbocycles. The standard InChI is InChI=1S/C13H17BrClNO/c1-17-7-6-16(11-4-5-11)12-3-2-10(9-15)13(14)8-12/h2-3,8,11H,4-7,9H2,1H3. The Morgan fingerprint density at radius 2 is 2.24 bits per heavy atom. The highest BCUT2D eigenvalue weighted by atomic mass is 79.9. The lowest BCUT2D eigenvalue weighted by molar-refractivity contribution is 0.205. The molecule has 0 unspecified atom stereocenters. The minimum absolute atomic E-state index is 0.544. The number of anilines is 1. The van der Waals surface area contributed by atoms with Crippen molar-refractivity contribution in [3.05, 3.63) is 28.2 Å². The van der Waals surface area contributed by atoms with Crippen LogP contribution in [0.4, 0.5) is 5.69 Å². The zero-order valence-electron chi connectivity index (χ0n) is 9.96. The number of alkyl halides is 1. The SMILES string of the molecule is COCCN(c1ccc(CCl)c(Br)c1)C1CC1. The van der Waals surface area contributed by atoms with Gasteiger partial charge in [0.2, 0.25) is 0 Å². The summed E-state index contributed by atoms with van der Waals surface area (Å²) in [7, 11) is 1.75. The molecule has 0 atom stereocenters. The van der Waals surface area contributed by atoms with E-state index in [1.165, 1.54) is 18.5 Å². The Balaban J connectivity index is 2.14. The van der Waals surface area contributed by atoms with Crippen LogP contribution >= 0.6 is 27.5 Å². The van der Waals surface area contributed by atoms with Crippen LogP contribution in [0.1, 0.15) is 18.4 Å². The summed E-state index contributed by atoms with van der Waals surface area (Å²) in [5.41, 5.74) is 2.39. The van der Waals surface area contributed by atoms with Gasteiger partial charge in [0.15, 0.2) is 0 Å².